The van der Waals surface area contributed by atoms with Crippen LogP contribution in [0.5, 0.6) is 5.75 Å². The van der Waals surface area contributed by atoms with Gasteiger partial charge in [0, 0.05) is 6.61 Å². The van der Waals surface area contributed by atoms with Crippen molar-refractivity contribution in [1.82, 2.24) is 0 Å². The van der Waals surface area contributed by atoms with Crippen molar-refractivity contribution in [2.75, 3.05) is 13.7 Å². The van der Waals surface area contributed by atoms with Gasteiger partial charge in [-0.25, -0.2) is 0 Å². The van der Waals surface area contributed by atoms with E-state index in [-0.39, 0.29) is 0 Å². The number of aliphatic hydroxyl groups is 1. The second-order valence-electron chi connectivity index (χ2n) is 3.85. The lowest BCUT2D eigenvalue weighted by Gasteiger charge is -2.11. The molecule has 0 aliphatic carbocycles. The highest BCUT2D eigenvalue weighted by atomic mass is 16.5. The first kappa shape index (κ1) is 12.1. The fraction of sp³-hybridized carbons (Fsp3) is 0.538. The Morgan fingerprint density at radius 1 is 1.40 bits per heavy atom. The van der Waals surface area contributed by atoms with Gasteiger partial charge in [0.25, 0.3) is 0 Å². The molecule has 1 N–H and O–H groups in total. The lowest BCUT2D eigenvalue weighted by Crippen LogP contribution is -2.05. The second-order valence-corrected chi connectivity index (χ2v) is 3.85. The monoisotopic (exact) mass is 208 g/mol. The molecule has 84 valence electrons. The minimum Gasteiger partial charge on any atom is -0.497 e. The number of hydrogen-bond donors (Lipinski definition) is 1. The lowest BCUT2D eigenvalue weighted by atomic mass is 9.98. The number of rotatable bonds is 6. The number of methoxy groups -OCH3 is 1. The average Bonchev–Trinajstić information content (AvgIpc) is 2.31. The Kier molecular flexibility index (Phi) is 5.19. The molecule has 2 heteroatoms. The number of ether oxygens (including phenoxy) is 1. The van der Waals surface area contributed by atoms with E-state index in [4.69, 9.17) is 9.84 Å². The molecule has 0 amide bonds. The van der Waals surface area contributed by atoms with Crippen molar-refractivity contribution in [2.24, 2.45) is 5.92 Å². The van der Waals surface area contributed by atoms with Crippen molar-refractivity contribution in [3.8, 4) is 5.75 Å². The summed E-state index contributed by atoms with van der Waals surface area (Å²) in [5.41, 5.74) is 1.28. The molecule has 0 aliphatic rings. The zero-order chi connectivity index (χ0) is 11.1. The molecule has 0 radical (unpaired) electrons. The van der Waals surface area contributed by atoms with Crippen LogP contribution in [0, 0.1) is 5.92 Å². The van der Waals surface area contributed by atoms with Gasteiger partial charge in [0.15, 0.2) is 0 Å². The zero-order valence-electron chi connectivity index (χ0n) is 9.57. The Morgan fingerprint density at radius 2 is 2.20 bits per heavy atom. The van der Waals surface area contributed by atoms with Crippen molar-refractivity contribution >= 4 is 0 Å². The summed E-state index contributed by atoms with van der Waals surface area (Å²) in [4.78, 5) is 0. The van der Waals surface area contributed by atoms with E-state index in [0.29, 0.717) is 12.5 Å². The van der Waals surface area contributed by atoms with Gasteiger partial charge >= 0.3 is 0 Å². The predicted molar refractivity (Wildman–Crippen MR) is 62.2 cm³/mol. The first-order valence-corrected chi connectivity index (χ1v) is 5.54. The molecule has 0 heterocycles. The summed E-state index contributed by atoms with van der Waals surface area (Å²) in [7, 11) is 1.68. The third-order valence-electron chi connectivity index (χ3n) is 2.81. The molecule has 0 aliphatic heterocycles. The molecule has 0 saturated carbocycles. The Balaban J connectivity index is 2.49. The molecular formula is C13H20O2. The molecule has 0 bridgehead atoms. The smallest absolute Gasteiger partial charge is 0.119 e. The van der Waals surface area contributed by atoms with Gasteiger partial charge in [-0.15, -0.1) is 0 Å². The third kappa shape index (κ3) is 3.92. The van der Waals surface area contributed by atoms with Crippen LogP contribution in [-0.4, -0.2) is 18.8 Å². The van der Waals surface area contributed by atoms with Gasteiger partial charge in [0.05, 0.1) is 7.11 Å². The van der Waals surface area contributed by atoms with Crippen LogP contribution >= 0.6 is 0 Å². The SMILES string of the molecule is CC[C@@H](CO)CCc1cccc(OC)c1. The summed E-state index contributed by atoms with van der Waals surface area (Å²) in [6, 6.07) is 8.12. The van der Waals surface area contributed by atoms with Crippen LogP contribution in [0.4, 0.5) is 0 Å². The van der Waals surface area contributed by atoms with Gasteiger partial charge in [-0.1, -0.05) is 25.5 Å². The van der Waals surface area contributed by atoms with Crippen LogP contribution in [-0.2, 0) is 6.42 Å². The summed E-state index contributed by atoms with van der Waals surface area (Å²) >= 11 is 0. The fourth-order valence-electron chi connectivity index (χ4n) is 1.62. The Hall–Kier alpha value is -1.02. The summed E-state index contributed by atoms with van der Waals surface area (Å²) < 4.78 is 5.16. The highest BCUT2D eigenvalue weighted by Crippen LogP contribution is 2.17. The quantitative estimate of drug-likeness (QED) is 0.778. The maximum absolute atomic E-state index is 9.08. The van der Waals surface area contributed by atoms with E-state index in [2.05, 4.69) is 19.1 Å². The van der Waals surface area contributed by atoms with E-state index < -0.39 is 0 Å². The van der Waals surface area contributed by atoms with E-state index in [1.54, 1.807) is 7.11 Å². The van der Waals surface area contributed by atoms with Crippen LogP contribution in [0.3, 0.4) is 0 Å². The molecule has 1 rings (SSSR count). The number of aliphatic hydroxyl groups excluding tert-OH is 1. The molecule has 0 unspecified atom stereocenters. The molecule has 2 nitrogen and oxygen atoms in total. The first-order valence-electron chi connectivity index (χ1n) is 5.54. The molecular weight excluding hydrogens is 188 g/mol. The molecule has 15 heavy (non-hydrogen) atoms. The van der Waals surface area contributed by atoms with E-state index in [0.717, 1.165) is 25.0 Å². The molecule has 0 fully saturated rings. The summed E-state index contributed by atoms with van der Waals surface area (Å²) in [5.74, 6) is 1.33. The number of aryl methyl sites for hydroxylation is 1. The van der Waals surface area contributed by atoms with Gasteiger partial charge in [-0.3, -0.25) is 0 Å². The summed E-state index contributed by atoms with van der Waals surface area (Å²) in [6.07, 6.45) is 3.09. The van der Waals surface area contributed by atoms with Gasteiger partial charge in [0.1, 0.15) is 5.75 Å². The first-order chi connectivity index (χ1) is 7.30. The minimum atomic E-state index is 0.292. The largest absolute Gasteiger partial charge is 0.497 e. The lowest BCUT2D eigenvalue weighted by molar-refractivity contribution is 0.215. The third-order valence-corrected chi connectivity index (χ3v) is 2.81. The van der Waals surface area contributed by atoms with Crippen molar-refractivity contribution in [3.05, 3.63) is 29.8 Å². The zero-order valence-corrected chi connectivity index (χ0v) is 9.57. The molecule has 1 aromatic carbocycles. The standard InChI is InChI=1S/C13H20O2/c1-3-11(10-14)7-8-12-5-4-6-13(9-12)15-2/h4-6,9,11,14H,3,7-8,10H2,1-2H3/t11-/m1/s1. The van der Waals surface area contributed by atoms with Crippen LogP contribution < -0.4 is 4.74 Å². The van der Waals surface area contributed by atoms with Crippen LogP contribution in [0.1, 0.15) is 25.3 Å². The molecule has 0 spiro atoms. The molecule has 0 saturated heterocycles. The predicted octanol–water partition coefficient (Wildman–Crippen LogP) is 2.65. The van der Waals surface area contributed by atoms with Crippen molar-refractivity contribution in [3.63, 3.8) is 0 Å². The van der Waals surface area contributed by atoms with E-state index in [9.17, 15) is 0 Å². The highest BCUT2D eigenvalue weighted by Gasteiger charge is 2.05. The van der Waals surface area contributed by atoms with Gasteiger partial charge in [0.2, 0.25) is 0 Å². The van der Waals surface area contributed by atoms with Crippen LogP contribution in [0.15, 0.2) is 24.3 Å². The average molecular weight is 208 g/mol. The number of benzene rings is 1. The Labute approximate surface area is 91.9 Å². The maximum atomic E-state index is 9.08. The molecule has 1 atom stereocenters. The van der Waals surface area contributed by atoms with Gasteiger partial charge < -0.3 is 9.84 Å². The van der Waals surface area contributed by atoms with Crippen LogP contribution in [0.25, 0.3) is 0 Å². The number of hydrogen-bond acceptors (Lipinski definition) is 2. The van der Waals surface area contributed by atoms with Gasteiger partial charge in [-0.05, 0) is 36.5 Å². The molecule has 1 aromatic rings. The Morgan fingerprint density at radius 3 is 2.80 bits per heavy atom. The van der Waals surface area contributed by atoms with E-state index in [1.165, 1.54) is 5.56 Å². The fourth-order valence-corrected chi connectivity index (χ4v) is 1.62. The van der Waals surface area contributed by atoms with Crippen LogP contribution in [0.2, 0.25) is 0 Å². The van der Waals surface area contributed by atoms with Crippen molar-refractivity contribution in [1.29, 1.82) is 0 Å². The van der Waals surface area contributed by atoms with Crippen molar-refractivity contribution < 1.29 is 9.84 Å². The van der Waals surface area contributed by atoms with E-state index >= 15 is 0 Å². The topological polar surface area (TPSA) is 29.5 Å². The van der Waals surface area contributed by atoms with Gasteiger partial charge in [-0.2, -0.15) is 0 Å². The normalized spacial score (nSPS) is 12.5. The summed E-state index contributed by atoms with van der Waals surface area (Å²) in [5, 5.41) is 9.08. The Bertz CT molecular complexity index is 280. The minimum absolute atomic E-state index is 0.292. The molecule has 0 aromatic heterocycles. The maximum Gasteiger partial charge on any atom is 0.119 e. The van der Waals surface area contributed by atoms with E-state index in [1.807, 2.05) is 12.1 Å². The summed E-state index contributed by atoms with van der Waals surface area (Å²) in [6.45, 7) is 2.41. The highest BCUT2D eigenvalue weighted by molar-refractivity contribution is 5.28. The van der Waals surface area contributed by atoms with Crippen molar-refractivity contribution in [2.45, 2.75) is 26.2 Å². The second kappa shape index (κ2) is 6.46.